The van der Waals surface area contributed by atoms with E-state index in [9.17, 15) is 9.59 Å². The van der Waals surface area contributed by atoms with E-state index in [1.54, 1.807) is 0 Å². The van der Waals surface area contributed by atoms with Crippen LogP contribution in [-0.2, 0) is 9.59 Å². The van der Waals surface area contributed by atoms with Gasteiger partial charge >= 0.3 is 0 Å². The Hall–Kier alpha value is -0.510. The van der Waals surface area contributed by atoms with Crippen LogP contribution in [-0.4, -0.2) is 22.8 Å². The molecule has 1 atom stereocenters. The molecule has 4 heteroatoms. The smallest absolute Gasteiger partial charge is 0.220 e. The number of hydrogen-bond acceptors (Lipinski definition) is 3. The monoisotopic (exact) mass is 187 g/mol. The number of hydrogen-bond donors (Lipinski definition) is 1. The molecule has 0 radical (unpaired) electrons. The molecule has 0 aromatic rings. The maximum atomic E-state index is 11.1. The van der Waals surface area contributed by atoms with Crippen LogP contribution in [0.5, 0.6) is 0 Å². The topological polar surface area (TPSA) is 46.2 Å². The summed E-state index contributed by atoms with van der Waals surface area (Å²) in [6, 6.07) is -0.214. The molecule has 1 N–H and O–H groups in total. The van der Waals surface area contributed by atoms with Crippen molar-refractivity contribution in [1.29, 1.82) is 0 Å². The van der Waals surface area contributed by atoms with E-state index in [-0.39, 0.29) is 17.1 Å². The van der Waals surface area contributed by atoms with E-state index in [0.717, 1.165) is 18.6 Å². The van der Waals surface area contributed by atoms with Crippen LogP contribution in [0.15, 0.2) is 0 Å². The average Bonchev–Trinajstić information content (AvgIpc) is 2.37. The molecule has 1 aliphatic heterocycles. The number of carbonyl (C=O) groups excluding carboxylic acids is 2. The molecule has 3 nitrogen and oxygen atoms in total. The highest BCUT2D eigenvalue weighted by molar-refractivity contribution is 8.14. The number of carbonyl (C=O) groups is 2. The first-order chi connectivity index (χ1) is 5.74. The van der Waals surface area contributed by atoms with Gasteiger partial charge in [-0.2, -0.15) is 0 Å². The molecule has 0 unspecified atom stereocenters. The molecule has 12 heavy (non-hydrogen) atoms. The molecule has 1 heterocycles. The van der Waals surface area contributed by atoms with Crippen LogP contribution in [0.2, 0.25) is 0 Å². The van der Waals surface area contributed by atoms with Crippen LogP contribution in [0.4, 0.5) is 0 Å². The highest BCUT2D eigenvalue weighted by Crippen LogP contribution is 2.19. The minimum absolute atomic E-state index is 0.00153. The Balaban J connectivity index is 2.30. The molecule has 68 valence electrons. The molecule has 1 amide bonds. The molecule has 0 spiro atoms. The minimum Gasteiger partial charge on any atom is -0.345 e. The van der Waals surface area contributed by atoms with Gasteiger partial charge in [0, 0.05) is 12.2 Å². The maximum absolute atomic E-state index is 11.1. The molecule has 1 saturated heterocycles. The van der Waals surface area contributed by atoms with E-state index >= 15 is 0 Å². The molecule has 0 saturated carbocycles. The van der Waals surface area contributed by atoms with E-state index in [1.165, 1.54) is 11.8 Å². The van der Waals surface area contributed by atoms with Crippen LogP contribution >= 0.6 is 11.8 Å². The Morgan fingerprint density at radius 3 is 3.00 bits per heavy atom. The molecule has 0 aromatic heterocycles. The summed E-state index contributed by atoms with van der Waals surface area (Å²) >= 11 is 1.31. The Morgan fingerprint density at radius 1 is 1.75 bits per heavy atom. The first-order valence-corrected chi connectivity index (χ1v) is 5.18. The lowest BCUT2D eigenvalue weighted by Gasteiger charge is -2.08. The summed E-state index contributed by atoms with van der Waals surface area (Å²) in [7, 11) is 0. The zero-order valence-electron chi connectivity index (χ0n) is 7.13. The van der Waals surface area contributed by atoms with Gasteiger partial charge in [0.25, 0.3) is 0 Å². The number of amides is 1. The third-order valence-corrected chi connectivity index (χ3v) is 2.76. The fraction of sp³-hybridized carbons (Fsp3) is 0.750. The third kappa shape index (κ3) is 2.52. The predicted octanol–water partition coefficient (Wildman–Crippen LogP) is 0.935. The fourth-order valence-electron chi connectivity index (χ4n) is 1.12. The van der Waals surface area contributed by atoms with Crippen LogP contribution in [0.25, 0.3) is 0 Å². The summed E-state index contributed by atoms with van der Waals surface area (Å²) in [6.45, 7) is 1.95. The van der Waals surface area contributed by atoms with Gasteiger partial charge in [-0.3, -0.25) is 9.59 Å². The highest BCUT2D eigenvalue weighted by Gasteiger charge is 2.26. The lowest BCUT2D eigenvalue weighted by atomic mass is 10.2. The van der Waals surface area contributed by atoms with E-state index in [2.05, 4.69) is 5.32 Å². The van der Waals surface area contributed by atoms with Gasteiger partial charge in [0.15, 0.2) is 0 Å². The van der Waals surface area contributed by atoms with Gasteiger partial charge in [-0.1, -0.05) is 18.7 Å². The maximum Gasteiger partial charge on any atom is 0.220 e. The normalized spacial score (nSPS) is 22.8. The second-order valence-electron chi connectivity index (χ2n) is 2.83. The van der Waals surface area contributed by atoms with Gasteiger partial charge in [-0.25, -0.2) is 0 Å². The second kappa shape index (κ2) is 4.50. The van der Waals surface area contributed by atoms with Crippen molar-refractivity contribution in [3.63, 3.8) is 0 Å². The van der Waals surface area contributed by atoms with Crippen LogP contribution in [0.1, 0.15) is 26.2 Å². The molecule has 0 bridgehead atoms. The lowest BCUT2D eigenvalue weighted by Crippen LogP contribution is -2.36. The van der Waals surface area contributed by atoms with Gasteiger partial charge < -0.3 is 5.32 Å². The number of rotatable bonds is 3. The predicted molar refractivity (Wildman–Crippen MR) is 48.9 cm³/mol. The molecular formula is C8H13NO2S. The van der Waals surface area contributed by atoms with Gasteiger partial charge in [-0.05, 0) is 12.8 Å². The number of nitrogens with one attached hydrogen (secondary N) is 1. The second-order valence-corrected chi connectivity index (χ2v) is 3.93. The SMILES string of the molecule is CCCC(=O)N[C@H]1CCSC1=O. The molecule has 0 aliphatic carbocycles. The Morgan fingerprint density at radius 2 is 2.50 bits per heavy atom. The molecular weight excluding hydrogens is 174 g/mol. The van der Waals surface area contributed by atoms with Crippen molar-refractivity contribution >= 4 is 22.8 Å². The van der Waals surface area contributed by atoms with Crippen molar-refractivity contribution in [1.82, 2.24) is 5.32 Å². The fourth-order valence-corrected chi connectivity index (χ4v) is 2.05. The molecule has 1 aliphatic rings. The van der Waals surface area contributed by atoms with Gasteiger partial charge in [-0.15, -0.1) is 0 Å². The molecule has 1 rings (SSSR count). The van der Waals surface area contributed by atoms with Crippen molar-refractivity contribution in [3.8, 4) is 0 Å². The van der Waals surface area contributed by atoms with Crippen LogP contribution in [0, 0.1) is 0 Å². The van der Waals surface area contributed by atoms with Crippen LogP contribution < -0.4 is 5.32 Å². The first kappa shape index (κ1) is 9.58. The third-order valence-electron chi connectivity index (χ3n) is 1.75. The summed E-state index contributed by atoms with van der Waals surface area (Å²) in [4.78, 5) is 22.1. The van der Waals surface area contributed by atoms with Crippen LogP contribution in [0.3, 0.4) is 0 Å². The van der Waals surface area contributed by atoms with Gasteiger partial charge in [0.2, 0.25) is 11.0 Å². The standard InChI is InChI=1S/C8H13NO2S/c1-2-3-7(10)9-6-4-5-12-8(6)11/h6H,2-5H2,1H3,(H,9,10)/t6-/m0/s1. The zero-order valence-corrected chi connectivity index (χ0v) is 7.95. The van der Waals surface area contributed by atoms with Crippen molar-refractivity contribution in [3.05, 3.63) is 0 Å². The molecule has 0 aromatic carbocycles. The van der Waals surface area contributed by atoms with Crippen molar-refractivity contribution in [2.75, 3.05) is 5.75 Å². The van der Waals surface area contributed by atoms with Crippen molar-refractivity contribution in [2.24, 2.45) is 0 Å². The van der Waals surface area contributed by atoms with E-state index in [1.807, 2.05) is 6.92 Å². The Labute approximate surface area is 76.3 Å². The van der Waals surface area contributed by atoms with Crippen molar-refractivity contribution < 1.29 is 9.59 Å². The van der Waals surface area contributed by atoms with Crippen molar-refractivity contribution in [2.45, 2.75) is 32.2 Å². The summed E-state index contributed by atoms with van der Waals surface area (Å²) in [5.41, 5.74) is 0. The zero-order chi connectivity index (χ0) is 8.97. The summed E-state index contributed by atoms with van der Waals surface area (Å²) < 4.78 is 0. The summed E-state index contributed by atoms with van der Waals surface area (Å²) in [5, 5.41) is 2.83. The Kier molecular flexibility index (Phi) is 3.59. The highest BCUT2D eigenvalue weighted by atomic mass is 32.2. The lowest BCUT2D eigenvalue weighted by molar-refractivity contribution is -0.124. The largest absolute Gasteiger partial charge is 0.345 e. The summed E-state index contributed by atoms with van der Waals surface area (Å²) in [5.74, 6) is 0.842. The quantitative estimate of drug-likeness (QED) is 0.715. The first-order valence-electron chi connectivity index (χ1n) is 4.20. The minimum atomic E-state index is -0.214. The number of thioether (sulfide) groups is 1. The van der Waals surface area contributed by atoms with E-state index in [4.69, 9.17) is 0 Å². The summed E-state index contributed by atoms with van der Waals surface area (Å²) in [6.07, 6.45) is 2.15. The Bertz CT molecular complexity index is 193. The van der Waals surface area contributed by atoms with E-state index in [0.29, 0.717) is 6.42 Å². The average molecular weight is 187 g/mol. The van der Waals surface area contributed by atoms with Gasteiger partial charge in [0.05, 0.1) is 6.04 Å². The molecule has 1 fully saturated rings. The van der Waals surface area contributed by atoms with Gasteiger partial charge in [0.1, 0.15) is 0 Å². The van der Waals surface area contributed by atoms with E-state index < -0.39 is 0 Å².